The molecule has 0 fully saturated rings. The van der Waals surface area contributed by atoms with Crippen molar-refractivity contribution in [2.45, 2.75) is 25.8 Å². The van der Waals surface area contributed by atoms with Crippen LogP contribution in [0.3, 0.4) is 0 Å². The van der Waals surface area contributed by atoms with Crippen LogP contribution in [0.5, 0.6) is 0 Å². The lowest BCUT2D eigenvalue weighted by Gasteiger charge is -2.09. The molecule has 2 N–H and O–H groups in total. The van der Waals surface area contributed by atoms with Crippen molar-refractivity contribution in [1.82, 2.24) is 10.2 Å². The zero-order chi connectivity index (χ0) is 16.3. The van der Waals surface area contributed by atoms with Crippen LogP contribution in [-0.2, 0) is 14.8 Å². The second-order valence-corrected chi connectivity index (χ2v) is 6.36. The summed E-state index contributed by atoms with van der Waals surface area (Å²) in [5.74, 6) is -0.739. The lowest BCUT2D eigenvalue weighted by Crippen LogP contribution is -2.17. The first-order valence-corrected chi connectivity index (χ1v) is 8.14. The summed E-state index contributed by atoms with van der Waals surface area (Å²) in [6.07, 6.45) is 1.13. The number of ether oxygens (including phenoxy) is 1. The highest BCUT2D eigenvalue weighted by Gasteiger charge is 2.26. The van der Waals surface area contributed by atoms with Crippen LogP contribution < -0.4 is 4.72 Å². The summed E-state index contributed by atoms with van der Waals surface area (Å²) >= 11 is 0. The molecule has 0 saturated carbocycles. The van der Waals surface area contributed by atoms with Gasteiger partial charge in [0.05, 0.1) is 12.8 Å². The minimum absolute atomic E-state index is 0.127. The number of benzene rings is 1. The molecule has 0 aliphatic heterocycles. The number of anilines is 1. The Bertz CT molecular complexity index is 796. The lowest BCUT2D eigenvalue weighted by atomic mass is 10.1. The van der Waals surface area contributed by atoms with Crippen molar-refractivity contribution in [3.8, 4) is 0 Å². The Morgan fingerprint density at radius 2 is 2.05 bits per heavy atom. The molecule has 0 unspecified atom stereocenters. The van der Waals surface area contributed by atoms with Crippen LogP contribution >= 0.6 is 0 Å². The minimum Gasteiger partial charge on any atom is -0.462 e. The van der Waals surface area contributed by atoms with Crippen LogP contribution in [0.25, 0.3) is 0 Å². The number of aromatic nitrogens is 2. The topological polar surface area (TPSA) is 101 Å². The number of nitrogens with one attached hydrogen (secondary N) is 2. The third-order valence-electron chi connectivity index (χ3n) is 3.13. The number of carbonyl (C=O) groups is 1. The summed E-state index contributed by atoms with van der Waals surface area (Å²) in [6, 6.07) is 5.18. The average Bonchev–Trinajstić information content (AvgIpc) is 2.93. The lowest BCUT2D eigenvalue weighted by molar-refractivity contribution is 0.0522. The fraction of sp³-hybridized carbons (Fsp3) is 0.286. The van der Waals surface area contributed by atoms with Crippen LogP contribution in [0.15, 0.2) is 29.4 Å². The molecule has 1 heterocycles. The van der Waals surface area contributed by atoms with E-state index >= 15 is 0 Å². The third kappa shape index (κ3) is 3.28. The summed E-state index contributed by atoms with van der Waals surface area (Å²) < 4.78 is 32.0. The minimum atomic E-state index is -3.96. The molecule has 118 valence electrons. The number of H-pyrrole nitrogens is 1. The molecule has 0 saturated heterocycles. The van der Waals surface area contributed by atoms with Crippen LogP contribution in [0.4, 0.5) is 5.69 Å². The van der Waals surface area contributed by atoms with Crippen molar-refractivity contribution in [2.75, 3.05) is 11.3 Å². The van der Waals surface area contributed by atoms with Gasteiger partial charge >= 0.3 is 5.97 Å². The number of hydrogen-bond donors (Lipinski definition) is 2. The van der Waals surface area contributed by atoms with Gasteiger partial charge in [0.1, 0.15) is 5.56 Å². The Kier molecular flexibility index (Phi) is 4.51. The van der Waals surface area contributed by atoms with Crippen LogP contribution in [0.2, 0.25) is 0 Å². The monoisotopic (exact) mass is 323 g/mol. The molecule has 0 amide bonds. The molecule has 0 bridgehead atoms. The van der Waals surface area contributed by atoms with Crippen molar-refractivity contribution in [3.63, 3.8) is 0 Å². The van der Waals surface area contributed by atoms with Crippen molar-refractivity contribution < 1.29 is 17.9 Å². The van der Waals surface area contributed by atoms with Gasteiger partial charge in [-0.3, -0.25) is 9.82 Å². The number of esters is 1. The Morgan fingerprint density at radius 3 is 2.68 bits per heavy atom. The van der Waals surface area contributed by atoms with E-state index < -0.39 is 16.0 Å². The summed E-state index contributed by atoms with van der Waals surface area (Å²) in [5.41, 5.74) is 2.29. The highest BCUT2D eigenvalue weighted by atomic mass is 32.2. The Balaban J connectivity index is 2.33. The smallest absolute Gasteiger partial charge is 0.342 e. The molecular weight excluding hydrogens is 306 g/mol. The molecule has 8 heteroatoms. The van der Waals surface area contributed by atoms with Gasteiger partial charge in [0.15, 0.2) is 5.03 Å². The quantitative estimate of drug-likeness (QED) is 0.820. The Morgan fingerprint density at radius 1 is 1.32 bits per heavy atom. The van der Waals surface area contributed by atoms with E-state index in [9.17, 15) is 13.2 Å². The van der Waals surface area contributed by atoms with Crippen LogP contribution in [0, 0.1) is 13.8 Å². The fourth-order valence-corrected chi connectivity index (χ4v) is 2.98. The molecule has 0 atom stereocenters. The summed E-state index contributed by atoms with van der Waals surface area (Å²) in [4.78, 5) is 11.8. The number of hydrogen-bond acceptors (Lipinski definition) is 5. The van der Waals surface area contributed by atoms with Crippen molar-refractivity contribution >= 4 is 21.7 Å². The normalized spacial score (nSPS) is 11.2. The molecule has 0 aliphatic carbocycles. The molecule has 7 nitrogen and oxygen atoms in total. The highest BCUT2D eigenvalue weighted by Crippen LogP contribution is 2.20. The highest BCUT2D eigenvalue weighted by molar-refractivity contribution is 7.92. The number of aryl methyl sites for hydroxylation is 2. The van der Waals surface area contributed by atoms with Gasteiger partial charge in [0.25, 0.3) is 10.0 Å². The van der Waals surface area contributed by atoms with Crippen molar-refractivity contribution in [1.29, 1.82) is 0 Å². The predicted octanol–water partition coefficient (Wildman–Crippen LogP) is 2.00. The molecule has 22 heavy (non-hydrogen) atoms. The molecule has 0 aliphatic rings. The Hall–Kier alpha value is -2.35. The van der Waals surface area contributed by atoms with Crippen molar-refractivity contribution in [3.05, 3.63) is 41.1 Å². The maximum atomic E-state index is 12.4. The third-order valence-corrected chi connectivity index (χ3v) is 4.48. The molecular formula is C14H17N3O4S. The number of rotatable bonds is 5. The van der Waals surface area contributed by atoms with E-state index in [-0.39, 0.29) is 17.2 Å². The van der Waals surface area contributed by atoms with Crippen LogP contribution in [0.1, 0.15) is 28.4 Å². The maximum absolute atomic E-state index is 12.4. The van der Waals surface area contributed by atoms with Gasteiger partial charge in [0.2, 0.25) is 0 Å². The molecule has 0 spiro atoms. The average molecular weight is 323 g/mol. The number of carbonyl (C=O) groups excluding carboxylic acids is 1. The first-order chi connectivity index (χ1) is 10.3. The van der Waals surface area contributed by atoms with Gasteiger partial charge in [-0.1, -0.05) is 6.07 Å². The SMILES string of the molecule is CCOC(=O)c1cn[nH]c1S(=O)(=O)Nc1ccc(C)c(C)c1. The first-order valence-electron chi connectivity index (χ1n) is 6.65. The van der Waals surface area contributed by atoms with Gasteiger partial charge < -0.3 is 4.74 Å². The molecule has 1 aromatic carbocycles. The summed E-state index contributed by atoms with van der Waals surface area (Å²) in [7, 11) is -3.96. The van der Waals surface area contributed by atoms with Gasteiger partial charge in [-0.25, -0.2) is 4.79 Å². The predicted molar refractivity (Wildman–Crippen MR) is 81.3 cm³/mol. The van der Waals surface area contributed by atoms with E-state index in [4.69, 9.17) is 4.74 Å². The molecule has 0 radical (unpaired) electrons. The number of nitrogens with zero attached hydrogens (tertiary/aromatic N) is 1. The zero-order valence-corrected chi connectivity index (χ0v) is 13.3. The van der Waals surface area contributed by atoms with Gasteiger partial charge in [-0.05, 0) is 44.0 Å². The van der Waals surface area contributed by atoms with E-state index in [1.54, 1.807) is 19.1 Å². The van der Waals surface area contributed by atoms with E-state index in [0.29, 0.717) is 5.69 Å². The fourth-order valence-electron chi connectivity index (χ4n) is 1.84. The molecule has 2 aromatic rings. The van der Waals surface area contributed by atoms with E-state index in [1.165, 1.54) is 0 Å². The summed E-state index contributed by atoms with van der Waals surface area (Å²) in [5, 5.41) is 5.63. The number of sulfonamides is 1. The van der Waals surface area contributed by atoms with E-state index in [2.05, 4.69) is 14.9 Å². The standard InChI is InChI=1S/C14H17N3O4S/c1-4-21-14(18)12-8-15-16-13(12)22(19,20)17-11-6-5-9(2)10(3)7-11/h5-8,17H,4H2,1-3H3,(H,15,16). The Labute approximate surface area is 128 Å². The van der Waals surface area contributed by atoms with Gasteiger partial charge in [-0.15, -0.1) is 0 Å². The zero-order valence-electron chi connectivity index (χ0n) is 12.5. The van der Waals surface area contributed by atoms with Gasteiger partial charge in [-0.2, -0.15) is 13.5 Å². The van der Waals surface area contributed by atoms with Crippen LogP contribution in [-0.4, -0.2) is 31.2 Å². The largest absolute Gasteiger partial charge is 0.462 e. The van der Waals surface area contributed by atoms with Gasteiger partial charge in [0, 0.05) is 5.69 Å². The first kappa shape index (κ1) is 16.0. The second-order valence-electron chi connectivity index (χ2n) is 4.74. The molecule has 2 rings (SSSR count). The van der Waals surface area contributed by atoms with Crippen molar-refractivity contribution in [2.24, 2.45) is 0 Å². The van der Waals surface area contributed by atoms with E-state index in [1.807, 2.05) is 19.9 Å². The second kappa shape index (κ2) is 6.18. The maximum Gasteiger partial charge on any atom is 0.342 e. The molecule has 1 aromatic heterocycles. The number of aromatic amines is 1. The van der Waals surface area contributed by atoms with E-state index in [0.717, 1.165) is 17.3 Å². The summed E-state index contributed by atoms with van der Waals surface area (Å²) in [6.45, 7) is 5.60.